The molecule has 0 radical (unpaired) electrons. The van der Waals surface area contributed by atoms with Gasteiger partial charge in [-0.3, -0.25) is 4.79 Å². The van der Waals surface area contributed by atoms with Crippen LogP contribution in [-0.4, -0.2) is 23.2 Å². The molecule has 0 heterocycles. The summed E-state index contributed by atoms with van der Waals surface area (Å²) in [5, 5.41) is 12.2. The van der Waals surface area contributed by atoms with Gasteiger partial charge in [0.25, 0.3) is 0 Å². The van der Waals surface area contributed by atoms with Gasteiger partial charge in [-0.25, -0.2) is 0 Å². The van der Waals surface area contributed by atoms with Gasteiger partial charge in [0, 0.05) is 6.92 Å². The molecule has 0 aromatic heterocycles. The standard InChI is InChI=1S/C9H15NO2/c1-6-3-4-8(9(12)5-6)10-7(2)11/h8-9,12H,1,3-5H2,2H3,(H,10,11). The second kappa shape index (κ2) is 3.72. The summed E-state index contributed by atoms with van der Waals surface area (Å²) >= 11 is 0. The molecule has 1 amide bonds. The molecule has 0 aliphatic heterocycles. The minimum Gasteiger partial charge on any atom is -0.391 e. The predicted octanol–water partition coefficient (Wildman–Crippen LogP) is 0.592. The van der Waals surface area contributed by atoms with E-state index in [-0.39, 0.29) is 11.9 Å². The molecule has 2 atom stereocenters. The third-order valence-electron chi connectivity index (χ3n) is 2.16. The van der Waals surface area contributed by atoms with Crippen LogP contribution in [0.25, 0.3) is 0 Å². The van der Waals surface area contributed by atoms with Crippen LogP contribution in [0.3, 0.4) is 0 Å². The van der Waals surface area contributed by atoms with Crippen LogP contribution < -0.4 is 5.32 Å². The molecule has 1 saturated carbocycles. The number of hydrogen-bond acceptors (Lipinski definition) is 2. The van der Waals surface area contributed by atoms with Crippen molar-refractivity contribution < 1.29 is 9.90 Å². The van der Waals surface area contributed by atoms with Crippen LogP contribution in [0.1, 0.15) is 26.2 Å². The van der Waals surface area contributed by atoms with Gasteiger partial charge in [-0.05, 0) is 19.3 Å². The molecule has 12 heavy (non-hydrogen) atoms. The van der Waals surface area contributed by atoms with E-state index in [9.17, 15) is 9.90 Å². The fourth-order valence-electron chi connectivity index (χ4n) is 1.52. The predicted molar refractivity (Wildman–Crippen MR) is 46.6 cm³/mol. The summed E-state index contributed by atoms with van der Waals surface area (Å²) in [6.07, 6.45) is 1.88. The Morgan fingerprint density at radius 3 is 2.92 bits per heavy atom. The highest BCUT2D eigenvalue weighted by atomic mass is 16.3. The van der Waals surface area contributed by atoms with Gasteiger partial charge in [-0.15, -0.1) is 0 Å². The van der Waals surface area contributed by atoms with Crippen molar-refractivity contribution in [3.05, 3.63) is 12.2 Å². The monoisotopic (exact) mass is 169 g/mol. The normalized spacial score (nSPS) is 30.0. The molecule has 3 nitrogen and oxygen atoms in total. The summed E-state index contributed by atoms with van der Waals surface area (Å²) in [6.45, 7) is 5.27. The smallest absolute Gasteiger partial charge is 0.217 e. The third-order valence-corrected chi connectivity index (χ3v) is 2.16. The number of rotatable bonds is 1. The summed E-state index contributed by atoms with van der Waals surface area (Å²) in [5.41, 5.74) is 1.07. The first kappa shape index (κ1) is 9.26. The van der Waals surface area contributed by atoms with Crippen molar-refractivity contribution in [2.75, 3.05) is 0 Å². The van der Waals surface area contributed by atoms with Crippen LogP contribution in [0, 0.1) is 0 Å². The lowest BCUT2D eigenvalue weighted by atomic mass is 9.89. The molecule has 3 heteroatoms. The summed E-state index contributed by atoms with van der Waals surface area (Å²) in [4.78, 5) is 10.7. The Bertz CT molecular complexity index is 201. The van der Waals surface area contributed by atoms with Crippen LogP contribution in [0.2, 0.25) is 0 Å². The Hall–Kier alpha value is -0.830. The fourth-order valence-corrected chi connectivity index (χ4v) is 1.52. The summed E-state index contributed by atoms with van der Waals surface area (Å²) in [5.74, 6) is -0.0773. The van der Waals surface area contributed by atoms with Gasteiger partial charge in [0.05, 0.1) is 12.1 Å². The van der Waals surface area contributed by atoms with Crippen LogP contribution in [0.4, 0.5) is 0 Å². The highest BCUT2D eigenvalue weighted by Gasteiger charge is 2.24. The molecule has 0 spiro atoms. The number of carbonyl (C=O) groups is 1. The molecule has 0 saturated heterocycles. The maximum absolute atomic E-state index is 10.7. The average Bonchev–Trinajstić information content (AvgIpc) is 1.94. The molecule has 2 N–H and O–H groups in total. The Morgan fingerprint density at radius 1 is 1.75 bits per heavy atom. The SMILES string of the molecule is C=C1CCC(NC(C)=O)C(O)C1. The second-order valence-corrected chi connectivity index (χ2v) is 3.37. The average molecular weight is 169 g/mol. The number of nitrogens with one attached hydrogen (secondary N) is 1. The number of amides is 1. The molecule has 1 rings (SSSR count). The van der Waals surface area contributed by atoms with Crippen LogP contribution in [0.5, 0.6) is 0 Å². The molecule has 0 bridgehead atoms. The fraction of sp³-hybridized carbons (Fsp3) is 0.667. The maximum atomic E-state index is 10.7. The zero-order chi connectivity index (χ0) is 9.14. The van der Waals surface area contributed by atoms with E-state index in [2.05, 4.69) is 11.9 Å². The van der Waals surface area contributed by atoms with E-state index < -0.39 is 6.10 Å². The first-order valence-corrected chi connectivity index (χ1v) is 4.21. The van der Waals surface area contributed by atoms with Crippen molar-refractivity contribution in [2.24, 2.45) is 0 Å². The van der Waals surface area contributed by atoms with Crippen molar-refractivity contribution in [2.45, 2.75) is 38.3 Å². The lowest BCUT2D eigenvalue weighted by Crippen LogP contribution is -2.44. The van der Waals surface area contributed by atoms with E-state index in [0.29, 0.717) is 6.42 Å². The van der Waals surface area contributed by atoms with E-state index in [1.807, 2.05) is 0 Å². The van der Waals surface area contributed by atoms with Gasteiger partial charge in [-0.2, -0.15) is 0 Å². The van der Waals surface area contributed by atoms with Crippen molar-refractivity contribution in [1.29, 1.82) is 0 Å². The first-order valence-electron chi connectivity index (χ1n) is 4.21. The lowest BCUT2D eigenvalue weighted by molar-refractivity contribution is -0.120. The van der Waals surface area contributed by atoms with E-state index in [0.717, 1.165) is 18.4 Å². The quantitative estimate of drug-likeness (QED) is 0.564. The van der Waals surface area contributed by atoms with E-state index in [1.165, 1.54) is 6.92 Å². The largest absolute Gasteiger partial charge is 0.391 e. The topological polar surface area (TPSA) is 49.3 Å². The van der Waals surface area contributed by atoms with Crippen LogP contribution in [-0.2, 0) is 4.79 Å². The van der Waals surface area contributed by atoms with Crippen LogP contribution >= 0.6 is 0 Å². The number of aliphatic hydroxyl groups excluding tert-OH is 1. The highest BCUT2D eigenvalue weighted by Crippen LogP contribution is 2.22. The zero-order valence-electron chi connectivity index (χ0n) is 7.34. The number of carbonyl (C=O) groups excluding carboxylic acids is 1. The lowest BCUT2D eigenvalue weighted by Gasteiger charge is -2.29. The zero-order valence-corrected chi connectivity index (χ0v) is 7.34. The van der Waals surface area contributed by atoms with E-state index in [4.69, 9.17) is 0 Å². The number of aliphatic hydroxyl groups is 1. The number of hydrogen-bond donors (Lipinski definition) is 2. The van der Waals surface area contributed by atoms with Gasteiger partial charge in [0.15, 0.2) is 0 Å². The van der Waals surface area contributed by atoms with Gasteiger partial charge in [0.1, 0.15) is 0 Å². The van der Waals surface area contributed by atoms with Crippen molar-refractivity contribution in [1.82, 2.24) is 5.32 Å². The van der Waals surface area contributed by atoms with Gasteiger partial charge in [0.2, 0.25) is 5.91 Å². The molecule has 0 aromatic rings. The molecule has 0 aromatic carbocycles. The molecular weight excluding hydrogens is 154 g/mol. The molecule has 1 aliphatic rings. The van der Waals surface area contributed by atoms with E-state index >= 15 is 0 Å². The van der Waals surface area contributed by atoms with Crippen molar-refractivity contribution in [3.8, 4) is 0 Å². The third kappa shape index (κ3) is 2.34. The Labute approximate surface area is 72.5 Å². The Morgan fingerprint density at radius 2 is 2.42 bits per heavy atom. The summed E-state index contributed by atoms with van der Waals surface area (Å²) < 4.78 is 0. The van der Waals surface area contributed by atoms with E-state index in [1.54, 1.807) is 0 Å². The first-order chi connectivity index (χ1) is 5.59. The minimum atomic E-state index is -0.449. The highest BCUT2D eigenvalue weighted by molar-refractivity contribution is 5.73. The van der Waals surface area contributed by atoms with Crippen molar-refractivity contribution in [3.63, 3.8) is 0 Å². The minimum absolute atomic E-state index is 0.0759. The second-order valence-electron chi connectivity index (χ2n) is 3.37. The Kier molecular flexibility index (Phi) is 2.87. The molecule has 2 unspecified atom stereocenters. The summed E-state index contributed by atoms with van der Waals surface area (Å²) in [6, 6.07) is -0.0759. The molecular formula is C9H15NO2. The Balaban J connectivity index is 2.45. The van der Waals surface area contributed by atoms with Crippen LogP contribution in [0.15, 0.2) is 12.2 Å². The van der Waals surface area contributed by atoms with Crippen molar-refractivity contribution >= 4 is 5.91 Å². The summed E-state index contributed by atoms with van der Waals surface area (Å²) in [7, 11) is 0. The maximum Gasteiger partial charge on any atom is 0.217 e. The molecule has 1 aliphatic carbocycles. The van der Waals surface area contributed by atoms with Gasteiger partial charge >= 0.3 is 0 Å². The van der Waals surface area contributed by atoms with Gasteiger partial charge < -0.3 is 10.4 Å². The molecule has 68 valence electrons. The van der Waals surface area contributed by atoms with Gasteiger partial charge in [-0.1, -0.05) is 12.2 Å². The molecule has 1 fully saturated rings.